The van der Waals surface area contributed by atoms with Crippen molar-refractivity contribution in [1.29, 1.82) is 0 Å². The lowest BCUT2D eigenvalue weighted by atomic mass is 10.1. The Morgan fingerprint density at radius 2 is 1.96 bits per heavy atom. The number of rotatable bonds is 6. The van der Waals surface area contributed by atoms with E-state index in [9.17, 15) is 14.0 Å². The monoisotopic (exact) mass is 356 g/mol. The van der Waals surface area contributed by atoms with Crippen molar-refractivity contribution in [2.24, 2.45) is 5.92 Å². The summed E-state index contributed by atoms with van der Waals surface area (Å²) in [4.78, 5) is 25.9. The highest BCUT2D eigenvalue weighted by molar-refractivity contribution is 6.00. The van der Waals surface area contributed by atoms with Gasteiger partial charge in [0.25, 0.3) is 0 Å². The first-order valence-electron chi connectivity index (χ1n) is 8.63. The van der Waals surface area contributed by atoms with Crippen molar-refractivity contribution in [3.8, 4) is 5.75 Å². The maximum Gasteiger partial charge on any atom is 0.227 e. The second kappa shape index (κ2) is 7.99. The fraction of sp³-hybridized carbons (Fsp3) is 0.300. The Bertz CT molecular complexity index is 792. The van der Waals surface area contributed by atoms with Gasteiger partial charge in [0.05, 0.1) is 18.2 Å². The molecule has 1 aliphatic heterocycles. The van der Waals surface area contributed by atoms with Crippen LogP contribution in [0.4, 0.5) is 10.1 Å². The van der Waals surface area contributed by atoms with Gasteiger partial charge in [0.1, 0.15) is 11.6 Å². The molecule has 0 aliphatic carbocycles. The first-order valence-corrected chi connectivity index (χ1v) is 8.63. The van der Waals surface area contributed by atoms with Crippen LogP contribution in [0, 0.1) is 11.7 Å². The van der Waals surface area contributed by atoms with E-state index in [0.717, 1.165) is 11.3 Å². The van der Waals surface area contributed by atoms with Crippen LogP contribution in [0.5, 0.6) is 5.75 Å². The van der Waals surface area contributed by atoms with E-state index in [4.69, 9.17) is 4.74 Å². The van der Waals surface area contributed by atoms with Gasteiger partial charge in [-0.05, 0) is 36.8 Å². The summed E-state index contributed by atoms with van der Waals surface area (Å²) >= 11 is 0. The number of carbonyl (C=O) groups is 2. The average Bonchev–Trinajstić information content (AvgIpc) is 3.03. The zero-order valence-corrected chi connectivity index (χ0v) is 14.6. The number of nitrogens with one attached hydrogen (secondary N) is 1. The summed E-state index contributed by atoms with van der Waals surface area (Å²) in [6.45, 7) is 3.08. The molecule has 6 heteroatoms. The van der Waals surface area contributed by atoms with Gasteiger partial charge in [-0.15, -0.1) is 0 Å². The second-order valence-electron chi connectivity index (χ2n) is 6.15. The van der Waals surface area contributed by atoms with E-state index in [-0.39, 0.29) is 30.5 Å². The number of hydrogen-bond donors (Lipinski definition) is 1. The van der Waals surface area contributed by atoms with Gasteiger partial charge in [0.15, 0.2) is 0 Å². The molecule has 1 N–H and O–H groups in total. The van der Waals surface area contributed by atoms with Gasteiger partial charge in [0, 0.05) is 19.5 Å². The van der Waals surface area contributed by atoms with Gasteiger partial charge in [-0.2, -0.15) is 0 Å². The van der Waals surface area contributed by atoms with E-state index < -0.39 is 11.7 Å². The van der Waals surface area contributed by atoms with Crippen LogP contribution in [-0.4, -0.2) is 25.0 Å². The van der Waals surface area contributed by atoms with Crippen LogP contribution < -0.4 is 15.0 Å². The maximum atomic E-state index is 13.9. The number of carbonyl (C=O) groups excluding carboxylic acids is 2. The van der Waals surface area contributed by atoms with Crippen molar-refractivity contribution in [3.05, 3.63) is 59.9 Å². The smallest absolute Gasteiger partial charge is 0.227 e. The van der Waals surface area contributed by atoms with Gasteiger partial charge in [-0.25, -0.2) is 4.39 Å². The standard InChI is InChI=1S/C20H21FN2O3/c1-2-26-16-9-7-14(8-10-16)12-22-20(25)15-11-19(24)23(13-15)18-6-4-3-5-17(18)21/h3-10,15H,2,11-13H2,1H3,(H,22,25)/t15-/m0/s1. The van der Waals surface area contributed by atoms with E-state index in [1.807, 2.05) is 31.2 Å². The molecule has 1 saturated heterocycles. The summed E-state index contributed by atoms with van der Waals surface area (Å²) in [7, 11) is 0. The van der Waals surface area contributed by atoms with Crippen molar-refractivity contribution in [2.75, 3.05) is 18.1 Å². The Kier molecular flexibility index (Phi) is 5.51. The Morgan fingerprint density at radius 1 is 1.23 bits per heavy atom. The van der Waals surface area contributed by atoms with Crippen LogP contribution in [0.2, 0.25) is 0 Å². The molecule has 2 aromatic rings. The molecule has 1 heterocycles. The summed E-state index contributed by atoms with van der Waals surface area (Å²) in [6.07, 6.45) is 0.0868. The predicted octanol–water partition coefficient (Wildman–Crippen LogP) is 2.89. The molecular formula is C20H21FN2O3. The molecule has 2 amide bonds. The van der Waals surface area contributed by atoms with Gasteiger partial charge < -0.3 is 15.0 Å². The quantitative estimate of drug-likeness (QED) is 0.866. The van der Waals surface area contributed by atoms with Crippen LogP contribution >= 0.6 is 0 Å². The number of ether oxygens (including phenoxy) is 1. The van der Waals surface area contributed by atoms with Gasteiger partial charge in [0.2, 0.25) is 11.8 Å². The van der Waals surface area contributed by atoms with E-state index in [1.54, 1.807) is 18.2 Å². The average molecular weight is 356 g/mol. The molecule has 5 nitrogen and oxygen atoms in total. The SMILES string of the molecule is CCOc1ccc(CNC(=O)[C@H]2CC(=O)N(c3ccccc3F)C2)cc1. The zero-order chi connectivity index (χ0) is 18.5. The third kappa shape index (κ3) is 4.02. The van der Waals surface area contributed by atoms with Gasteiger partial charge in [-0.3, -0.25) is 9.59 Å². The van der Waals surface area contributed by atoms with Crippen molar-refractivity contribution < 1.29 is 18.7 Å². The topological polar surface area (TPSA) is 58.6 Å². The Hall–Kier alpha value is -2.89. The van der Waals surface area contributed by atoms with Crippen molar-refractivity contribution >= 4 is 17.5 Å². The number of benzene rings is 2. The van der Waals surface area contributed by atoms with Crippen LogP contribution in [0.15, 0.2) is 48.5 Å². The van der Waals surface area contributed by atoms with Crippen molar-refractivity contribution in [3.63, 3.8) is 0 Å². The highest BCUT2D eigenvalue weighted by Crippen LogP contribution is 2.27. The summed E-state index contributed by atoms with van der Waals surface area (Å²) in [6, 6.07) is 13.6. The normalized spacial score (nSPS) is 16.6. The zero-order valence-electron chi connectivity index (χ0n) is 14.6. The van der Waals surface area contributed by atoms with Gasteiger partial charge >= 0.3 is 0 Å². The molecule has 0 bridgehead atoms. The largest absolute Gasteiger partial charge is 0.494 e. The number of halogens is 1. The number of para-hydroxylation sites is 1. The van der Waals surface area contributed by atoms with E-state index in [0.29, 0.717) is 13.2 Å². The predicted molar refractivity (Wildman–Crippen MR) is 96.3 cm³/mol. The molecule has 1 atom stereocenters. The van der Waals surface area contributed by atoms with Crippen LogP contribution in [0.25, 0.3) is 0 Å². The molecule has 136 valence electrons. The minimum atomic E-state index is -0.482. The molecule has 1 aliphatic rings. The minimum Gasteiger partial charge on any atom is -0.494 e. The molecule has 0 spiro atoms. The third-order valence-corrected chi connectivity index (χ3v) is 4.34. The summed E-state index contributed by atoms with van der Waals surface area (Å²) in [5, 5.41) is 2.85. The number of hydrogen-bond acceptors (Lipinski definition) is 3. The van der Waals surface area contributed by atoms with Crippen LogP contribution in [0.1, 0.15) is 18.9 Å². The fourth-order valence-electron chi connectivity index (χ4n) is 2.99. The fourth-order valence-corrected chi connectivity index (χ4v) is 2.99. The molecule has 3 rings (SSSR count). The van der Waals surface area contributed by atoms with Crippen LogP contribution in [0.3, 0.4) is 0 Å². The van der Waals surface area contributed by atoms with Crippen molar-refractivity contribution in [1.82, 2.24) is 5.32 Å². The van der Waals surface area contributed by atoms with Gasteiger partial charge in [-0.1, -0.05) is 24.3 Å². The molecule has 26 heavy (non-hydrogen) atoms. The first kappa shape index (κ1) is 17.9. The summed E-state index contributed by atoms with van der Waals surface area (Å²) < 4.78 is 19.3. The number of anilines is 1. The molecular weight excluding hydrogens is 335 g/mol. The second-order valence-corrected chi connectivity index (χ2v) is 6.15. The Balaban J connectivity index is 1.57. The molecule has 0 unspecified atom stereocenters. The van der Waals surface area contributed by atoms with Crippen molar-refractivity contribution in [2.45, 2.75) is 19.9 Å². The Morgan fingerprint density at radius 3 is 2.65 bits per heavy atom. The molecule has 0 aromatic heterocycles. The highest BCUT2D eigenvalue weighted by Gasteiger charge is 2.35. The Labute approximate surface area is 151 Å². The van der Waals surface area contributed by atoms with E-state index >= 15 is 0 Å². The molecule has 1 fully saturated rings. The number of amides is 2. The summed E-state index contributed by atoms with van der Waals surface area (Å²) in [5.74, 6) is -0.604. The molecule has 2 aromatic carbocycles. The lowest BCUT2D eigenvalue weighted by molar-refractivity contribution is -0.126. The van der Waals surface area contributed by atoms with E-state index in [1.165, 1.54) is 11.0 Å². The van der Waals surface area contributed by atoms with Crippen LogP contribution in [-0.2, 0) is 16.1 Å². The molecule has 0 radical (unpaired) electrons. The third-order valence-electron chi connectivity index (χ3n) is 4.34. The lowest BCUT2D eigenvalue weighted by Gasteiger charge is -2.17. The highest BCUT2D eigenvalue weighted by atomic mass is 19.1. The first-order chi connectivity index (χ1) is 12.6. The number of nitrogens with zero attached hydrogens (tertiary/aromatic N) is 1. The molecule has 0 saturated carbocycles. The summed E-state index contributed by atoms with van der Waals surface area (Å²) in [5.41, 5.74) is 1.16. The maximum absolute atomic E-state index is 13.9. The van der Waals surface area contributed by atoms with E-state index in [2.05, 4.69) is 5.32 Å². The lowest BCUT2D eigenvalue weighted by Crippen LogP contribution is -2.32. The minimum absolute atomic E-state index is 0.0868.